The zero-order chi connectivity index (χ0) is 24.5. The van der Waals surface area contributed by atoms with Crippen molar-refractivity contribution < 1.29 is 9.53 Å². The van der Waals surface area contributed by atoms with Gasteiger partial charge in [0, 0.05) is 38.5 Å². The van der Waals surface area contributed by atoms with Gasteiger partial charge in [0.1, 0.15) is 22.9 Å². The minimum absolute atomic E-state index is 0.0186. The summed E-state index contributed by atoms with van der Waals surface area (Å²) in [6.07, 6.45) is 6.91. The highest BCUT2D eigenvalue weighted by Gasteiger charge is 2.33. The Labute approximate surface area is 198 Å². The average molecular weight is 468 g/mol. The lowest BCUT2D eigenvalue weighted by Crippen LogP contribution is -2.45. The van der Waals surface area contributed by atoms with Gasteiger partial charge >= 0.3 is 0 Å². The van der Waals surface area contributed by atoms with Crippen LogP contribution in [0.5, 0.6) is 0 Å². The van der Waals surface area contributed by atoms with Gasteiger partial charge in [-0.05, 0) is 58.6 Å². The van der Waals surface area contributed by atoms with Crippen LogP contribution in [0.2, 0.25) is 0 Å². The Morgan fingerprint density at radius 1 is 1.35 bits per heavy atom. The summed E-state index contributed by atoms with van der Waals surface area (Å²) in [4.78, 5) is 30.6. The van der Waals surface area contributed by atoms with E-state index in [1.54, 1.807) is 41.6 Å². The van der Waals surface area contributed by atoms with Crippen molar-refractivity contribution in [1.29, 1.82) is 0 Å². The van der Waals surface area contributed by atoms with Gasteiger partial charge in [0.2, 0.25) is 0 Å². The fraction of sp³-hybridized carbons (Fsp3) is 0.500. The van der Waals surface area contributed by atoms with Crippen LogP contribution in [-0.4, -0.2) is 50.9 Å². The highest BCUT2D eigenvalue weighted by atomic mass is 16.5. The standard InChI is InChI=1S/C24H33N7O3/c1-15(2)30-11-7-9-18(23(30)33)28-19-12-20(25-4)31-21(29-19)17(14-26-31)22(32)27-16-8-6-10-24(3,13-16)34-5/h7,9,11-12,14-16,25H,6,8,10,13H2,1-5H3,(H,27,32)(H,28,29)/t16?,24-/m0/s1. The lowest BCUT2D eigenvalue weighted by Gasteiger charge is -2.37. The fourth-order valence-corrected chi connectivity index (χ4v) is 4.53. The van der Waals surface area contributed by atoms with Gasteiger partial charge in [0.25, 0.3) is 11.5 Å². The molecule has 0 saturated heterocycles. The molecule has 0 bridgehead atoms. The van der Waals surface area contributed by atoms with Crippen molar-refractivity contribution in [3.63, 3.8) is 0 Å². The first kappa shape index (κ1) is 23.7. The molecule has 1 unspecified atom stereocenters. The predicted octanol–water partition coefficient (Wildman–Crippen LogP) is 3.33. The molecule has 1 aliphatic carbocycles. The molecule has 0 spiro atoms. The number of fused-ring (bicyclic) bond motifs is 1. The normalized spacial score (nSPS) is 20.5. The average Bonchev–Trinajstić information content (AvgIpc) is 3.24. The van der Waals surface area contributed by atoms with E-state index in [0.29, 0.717) is 28.5 Å². The molecular formula is C24H33N7O3. The Hall–Kier alpha value is -3.40. The number of pyridine rings is 1. The molecular weight excluding hydrogens is 434 g/mol. The first-order valence-corrected chi connectivity index (χ1v) is 11.7. The van der Waals surface area contributed by atoms with Crippen molar-refractivity contribution in [3.05, 3.63) is 46.5 Å². The number of rotatable bonds is 7. The zero-order valence-corrected chi connectivity index (χ0v) is 20.4. The second-order valence-electron chi connectivity index (χ2n) is 9.34. The van der Waals surface area contributed by atoms with Gasteiger partial charge in [0.05, 0.1) is 11.8 Å². The number of carbonyl (C=O) groups excluding carboxylic acids is 1. The largest absolute Gasteiger partial charge is 0.378 e. The van der Waals surface area contributed by atoms with Gasteiger partial charge in [-0.1, -0.05) is 0 Å². The molecule has 10 heteroatoms. The number of nitrogens with zero attached hydrogens (tertiary/aromatic N) is 4. The Morgan fingerprint density at radius 3 is 2.85 bits per heavy atom. The number of nitrogens with one attached hydrogen (secondary N) is 3. The van der Waals surface area contributed by atoms with Crippen molar-refractivity contribution in [2.24, 2.45) is 0 Å². The lowest BCUT2D eigenvalue weighted by molar-refractivity contribution is -0.0314. The molecule has 3 N–H and O–H groups in total. The molecule has 182 valence electrons. The SMILES string of the molecule is CNc1cc(Nc2cccn(C(C)C)c2=O)nc2c(C(=O)NC3CCC[C@](C)(OC)C3)cnn12. The molecule has 1 aliphatic rings. The number of hydrogen-bond acceptors (Lipinski definition) is 7. The van der Waals surface area contributed by atoms with E-state index in [0.717, 1.165) is 25.7 Å². The monoisotopic (exact) mass is 467 g/mol. The molecule has 1 amide bonds. The van der Waals surface area contributed by atoms with Crippen LogP contribution < -0.4 is 21.5 Å². The summed E-state index contributed by atoms with van der Waals surface area (Å²) >= 11 is 0. The second kappa shape index (κ2) is 9.46. The number of ether oxygens (including phenoxy) is 1. The molecule has 34 heavy (non-hydrogen) atoms. The molecule has 3 aromatic rings. The third-order valence-corrected chi connectivity index (χ3v) is 6.53. The molecule has 3 aromatic heterocycles. The van der Waals surface area contributed by atoms with Crippen LogP contribution in [-0.2, 0) is 4.74 Å². The molecule has 0 aliphatic heterocycles. The van der Waals surface area contributed by atoms with Crippen LogP contribution in [0.15, 0.2) is 35.4 Å². The van der Waals surface area contributed by atoms with E-state index in [1.807, 2.05) is 19.9 Å². The smallest absolute Gasteiger partial charge is 0.274 e. The van der Waals surface area contributed by atoms with Gasteiger partial charge in [0.15, 0.2) is 5.65 Å². The van der Waals surface area contributed by atoms with Crippen molar-refractivity contribution in [2.75, 3.05) is 24.8 Å². The van der Waals surface area contributed by atoms with Crippen molar-refractivity contribution in [1.82, 2.24) is 24.5 Å². The van der Waals surface area contributed by atoms with Gasteiger partial charge in [-0.25, -0.2) is 4.98 Å². The van der Waals surface area contributed by atoms with Gasteiger partial charge < -0.3 is 25.3 Å². The first-order valence-electron chi connectivity index (χ1n) is 11.7. The van der Waals surface area contributed by atoms with E-state index < -0.39 is 0 Å². The topological polar surface area (TPSA) is 115 Å². The van der Waals surface area contributed by atoms with E-state index >= 15 is 0 Å². The second-order valence-corrected chi connectivity index (χ2v) is 9.34. The summed E-state index contributed by atoms with van der Waals surface area (Å²) in [6.45, 7) is 5.98. The Kier molecular flexibility index (Phi) is 6.60. The van der Waals surface area contributed by atoms with Crippen LogP contribution in [0.4, 0.5) is 17.3 Å². The van der Waals surface area contributed by atoms with Crippen molar-refractivity contribution in [3.8, 4) is 0 Å². The van der Waals surface area contributed by atoms with E-state index in [1.165, 1.54) is 6.20 Å². The summed E-state index contributed by atoms with van der Waals surface area (Å²) in [5.41, 5.74) is 0.802. The predicted molar refractivity (Wildman–Crippen MR) is 132 cm³/mol. The van der Waals surface area contributed by atoms with E-state index in [2.05, 4.69) is 33.0 Å². The summed E-state index contributed by atoms with van der Waals surface area (Å²) in [7, 11) is 3.48. The van der Waals surface area contributed by atoms with Crippen LogP contribution >= 0.6 is 0 Å². The summed E-state index contributed by atoms with van der Waals surface area (Å²) in [5, 5.41) is 13.7. The van der Waals surface area contributed by atoms with Gasteiger partial charge in [-0.2, -0.15) is 9.61 Å². The molecule has 0 radical (unpaired) electrons. The highest BCUT2D eigenvalue weighted by Crippen LogP contribution is 2.31. The maximum absolute atomic E-state index is 13.2. The van der Waals surface area contributed by atoms with E-state index in [4.69, 9.17) is 4.74 Å². The zero-order valence-electron chi connectivity index (χ0n) is 20.4. The first-order chi connectivity index (χ1) is 16.2. The summed E-state index contributed by atoms with van der Waals surface area (Å²) < 4.78 is 8.89. The Bertz CT molecular complexity index is 1250. The molecule has 0 aromatic carbocycles. The maximum atomic E-state index is 13.2. The summed E-state index contributed by atoms with van der Waals surface area (Å²) in [6, 6.07) is 5.33. The number of carbonyl (C=O) groups is 1. The van der Waals surface area contributed by atoms with E-state index in [9.17, 15) is 9.59 Å². The molecule has 4 rings (SSSR count). The number of methoxy groups -OCH3 is 1. The highest BCUT2D eigenvalue weighted by molar-refractivity contribution is 6.00. The lowest BCUT2D eigenvalue weighted by atomic mass is 9.83. The number of aromatic nitrogens is 4. The van der Waals surface area contributed by atoms with Crippen LogP contribution in [0.3, 0.4) is 0 Å². The third-order valence-electron chi connectivity index (χ3n) is 6.53. The Balaban J connectivity index is 1.64. The fourth-order valence-electron chi connectivity index (χ4n) is 4.53. The van der Waals surface area contributed by atoms with Crippen LogP contribution in [0.25, 0.3) is 5.65 Å². The molecule has 1 saturated carbocycles. The minimum Gasteiger partial charge on any atom is -0.378 e. The van der Waals surface area contributed by atoms with Gasteiger partial charge in [-0.15, -0.1) is 0 Å². The van der Waals surface area contributed by atoms with Crippen LogP contribution in [0, 0.1) is 0 Å². The Morgan fingerprint density at radius 2 is 2.15 bits per heavy atom. The maximum Gasteiger partial charge on any atom is 0.274 e. The minimum atomic E-state index is -0.232. The third kappa shape index (κ3) is 4.63. The number of amides is 1. The summed E-state index contributed by atoms with van der Waals surface area (Å²) in [5.74, 6) is 0.847. The van der Waals surface area contributed by atoms with Crippen LogP contribution in [0.1, 0.15) is 62.9 Å². The van der Waals surface area contributed by atoms with Crippen molar-refractivity contribution >= 4 is 28.9 Å². The van der Waals surface area contributed by atoms with Crippen molar-refractivity contribution in [2.45, 2.75) is 64.1 Å². The van der Waals surface area contributed by atoms with Gasteiger partial charge in [-0.3, -0.25) is 9.59 Å². The number of anilines is 3. The molecule has 1 fully saturated rings. The number of hydrogen-bond donors (Lipinski definition) is 3. The molecule has 3 heterocycles. The molecule has 2 atom stereocenters. The van der Waals surface area contributed by atoms with E-state index in [-0.39, 0.29) is 29.2 Å². The molecule has 10 nitrogen and oxygen atoms in total. The quantitative estimate of drug-likeness (QED) is 0.488.